The van der Waals surface area contributed by atoms with Gasteiger partial charge in [-0.1, -0.05) is 6.42 Å². The average molecular weight is 171 g/mol. The van der Waals surface area contributed by atoms with Gasteiger partial charge in [0.25, 0.3) is 0 Å². The van der Waals surface area contributed by atoms with Crippen LogP contribution in [0.1, 0.15) is 25.7 Å². The molecule has 4 nitrogen and oxygen atoms in total. The Balaban J connectivity index is 2.34. The van der Waals surface area contributed by atoms with Gasteiger partial charge in [-0.05, 0) is 12.8 Å². The van der Waals surface area contributed by atoms with Gasteiger partial charge in [0.1, 0.15) is 0 Å². The molecule has 0 heterocycles. The van der Waals surface area contributed by atoms with Gasteiger partial charge in [0.2, 0.25) is 0 Å². The van der Waals surface area contributed by atoms with Crippen molar-refractivity contribution in [2.24, 2.45) is 11.7 Å². The van der Waals surface area contributed by atoms with E-state index in [1.54, 1.807) is 0 Å². The normalized spacial score (nSPS) is 19.8. The summed E-state index contributed by atoms with van der Waals surface area (Å²) in [6.07, 6.45) is 2.59. The van der Waals surface area contributed by atoms with Crippen molar-refractivity contribution in [3.05, 3.63) is 0 Å². The van der Waals surface area contributed by atoms with E-state index in [1.165, 1.54) is 0 Å². The summed E-state index contributed by atoms with van der Waals surface area (Å²) in [5.74, 6) is -1.04. The second-order valence-corrected chi connectivity index (χ2v) is 3.23. The zero-order valence-electron chi connectivity index (χ0n) is 6.82. The van der Waals surface area contributed by atoms with E-state index >= 15 is 0 Å². The van der Waals surface area contributed by atoms with Gasteiger partial charge < -0.3 is 10.8 Å². The molecule has 3 N–H and O–H groups in total. The lowest BCUT2D eigenvalue weighted by Crippen LogP contribution is -2.39. The summed E-state index contributed by atoms with van der Waals surface area (Å²) in [4.78, 5) is 21.5. The first-order valence-corrected chi connectivity index (χ1v) is 4.12. The van der Waals surface area contributed by atoms with E-state index in [4.69, 9.17) is 10.8 Å². The molecule has 0 aliphatic heterocycles. The highest BCUT2D eigenvalue weighted by Crippen LogP contribution is 2.28. The van der Waals surface area contributed by atoms with Crippen LogP contribution in [0.3, 0.4) is 0 Å². The highest BCUT2D eigenvalue weighted by atomic mass is 16.4. The molecule has 68 valence electrons. The van der Waals surface area contributed by atoms with Crippen molar-refractivity contribution in [2.75, 3.05) is 0 Å². The molecule has 1 aliphatic rings. The molecule has 1 atom stereocenters. The number of nitrogens with two attached hydrogens (primary N) is 1. The highest BCUT2D eigenvalue weighted by Gasteiger charge is 2.29. The maximum absolute atomic E-state index is 11.3. The lowest BCUT2D eigenvalue weighted by Gasteiger charge is -2.25. The molecule has 1 aliphatic carbocycles. The van der Waals surface area contributed by atoms with Gasteiger partial charge in [-0.2, -0.15) is 0 Å². The highest BCUT2D eigenvalue weighted by molar-refractivity contribution is 5.89. The van der Waals surface area contributed by atoms with Gasteiger partial charge in [0, 0.05) is 5.92 Å². The third-order valence-corrected chi connectivity index (χ3v) is 2.27. The van der Waals surface area contributed by atoms with Crippen molar-refractivity contribution in [2.45, 2.75) is 31.7 Å². The van der Waals surface area contributed by atoms with E-state index in [9.17, 15) is 9.59 Å². The summed E-state index contributed by atoms with van der Waals surface area (Å²) in [5, 5.41) is 8.37. The van der Waals surface area contributed by atoms with Gasteiger partial charge in [0.15, 0.2) is 5.78 Å². The van der Waals surface area contributed by atoms with E-state index in [-0.39, 0.29) is 18.1 Å². The Morgan fingerprint density at radius 1 is 1.50 bits per heavy atom. The van der Waals surface area contributed by atoms with Gasteiger partial charge in [-0.3, -0.25) is 9.59 Å². The smallest absolute Gasteiger partial charge is 0.305 e. The van der Waals surface area contributed by atoms with Gasteiger partial charge in [-0.25, -0.2) is 0 Å². The minimum Gasteiger partial charge on any atom is -0.481 e. The summed E-state index contributed by atoms with van der Waals surface area (Å²) in [6.45, 7) is 0. The SMILES string of the molecule is NC(CC(=O)O)C(=O)C1CCC1. The monoisotopic (exact) mass is 171 g/mol. The molecule has 12 heavy (non-hydrogen) atoms. The van der Waals surface area contributed by atoms with Crippen molar-refractivity contribution >= 4 is 11.8 Å². The molecule has 1 fully saturated rings. The summed E-state index contributed by atoms with van der Waals surface area (Å²) in [6, 6.07) is -0.798. The molecular formula is C8H13NO3. The van der Waals surface area contributed by atoms with Crippen LogP contribution in [0, 0.1) is 5.92 Å². The summed E-state index contributed by atoms with van der Waals surface area (Å²) in [7, 11) is 0. The fourth-order valence-corrected chi connectivity index (χ4v) is 1.28. The topological polar surface area (TPSA) is 80.4 Å². The van der Waals surface area contributed by atoms with Gasteiger partial charge >= 0.3 is 5.97 Å². The van der Waals surface area contributed by atoms with E-state index in [0.717, 1.165) is 19.3 Å². The first-order valence-electron chi connectivity index (χ1n) is 4.12. The average Bonchev–Trinajstić information content (AvgIpc) is 1.81. The molecule has 1 saturated carbocycles. The first-order chi connectivity index (χ1) is 5.61. The Morgan fingerprint density at radius 2 is 2.08 bits per heavy atom. The van der Waals surface area contributed by atoms with Crippen LogP contribution in [0.4, 0.5) is 0 Å². The van der Waals surface area contributed by atoms with Crippen molar-refractivity contribution in [1.82, 2.24) is 0 Å². The fourth-order valence-electron chi connectivity index (χ4n) is 1.28. The number of hydrogen-bond acceptors (Lipinski definition) is 3. The maximum atomic E-state index is 11.3. The van der Waals surface area contributed by atoms with Crippen LogP contribution in [0.5, 0.6) is 0 Å². The minimum absolute atomic E-state index is 0.0411. The molecule has 0 saturated heterocycles. The summed E-state index contributed by atoms with van der Waals surface area (Å²) in [5.41, 5.74) is 5.40. The maximum Gasteiger partial charge on any atom is 0.305 e. The van der Waals surface area contributed by atoms with Crippen molar-refractivity contribution in [1.29, 1.82) is 0 Å². The second-order valence-electron chi connectivity index (χ2n) is 3.23. The molecule has 0 spiro atoms. The lowest BCUT2D eigenvalue weighted by atomic mass is 9.79. The van der Waals surface area contributed by atoms with Crippen molar-refractivity contribution < 1.29 is 14.7 Å². The molecule has 0 radical (unpaired) electrons. The Hall–Kier alpha value is -0.900. The van der Waals surface area contributed by atoms with E-state index < -0.39 is 12.0 Å². The predicted octanol–water partition coefficient (Wildman–Crippen LogP) is 0.158. The van der Waals surface area contributed by atoms with Crippen molar-refractivity contribution in [3.8, 4) is 0 Å². The number of aliphatic carboxylic acids is 1. The number of carboxylic acid groups (broad SMARTS) is 1. The molecule has 0 aromatic rings. The number of ketones is 1. The number of carbonyl (C=O) groups is 2. The van der Waals surface area contributed by atoms with Crippen LogP contribution < -0.4 is 5.73 Å². The molecule has 0 amide bonds. The van der Waals surface area contributed by atoms with E-state index in [2.05, 4.69) is 0 Å². The molecule has 4 heteroatoms. The second kappa shape index (κ2) is 3.67. The van der Waals surface area contributed by atoms with Crippen LogP contribution in [0.25, 0.3) is 0 Å². The molecule has 0 aromatic carbocycles. The van der Waals surface area contributed by atoms with Crippen LogP contribution in [0.15, 0.2) is 0 Å². The number of Topliss-reactive ketones (excluding diaryl/α,β-unsaturated/α-hetero) is 1. The molecule has 0 aromatic heterocycles. The molecule has 1 rings (SSSR count). The molecule has 1 unspecified atom stereocenters. The van der Waals surface area contributed by atoms with E-state index in [0.29, 0.717) is 0 Å². The Labute approximate surface area is 70.7 Å². The predicted molar refractivity (Wildman–Crippen MR) is 42.6 cm³/mol. The number of carboxylic acids is 1. The fraction of sp³-hybridized carbons (Fsp3) is 0.750. The third kappa shape index (κ3) is 2.04. The number of hydrogen-bond donors (Lipinski definition) is 2. The Bertz CT molecular complexity index is 198. The minimum atomic E-state index is -1.00. The van der Waals surface area contributed by atoms with Crippen LogP contribution in [-0.4, -0.2) is 22.9 Å². The lowest BCUT2D eigenvalue weighted by molar-refractivity contribution is -0.140. The molecule has 0 bridgehead atoms. The quantitative estimate of drug-likeness (QED) is 0.631. The Morgan fingerprint density at radius 3 is 2.42 bits per heavy atom. The van der Waals surface area contributed by atoms with Crippen LogP contribution in [-0.2, 0) is 9.59 Å². The van der Waals surface area contributed by atoms with Gasteiger partial charge in [-0.15, -0.1) is 0 Å². The molecular weight excluding hydrogens is 158 g/mol. The van der Waals surface area contributed by atoms with Crippen molar-refractivity contribution in [3.63, 3.8) is 0 Å². The number of rotatable bonds is 4. The zero-order valence-corrected chi connectivity index (χ0v) is 6.82. The third-order valence-electron chi connectivity index (χ3n) is 2.27. The summed E-state index contributed by atoms with van der Waals surface area (Å²) < 4.78 is 0. The van der Waals surface area contributed by atoms with Crippen LogP contribution in [0.2, 0.25) is 0 Å². The number of carbonyl (C=O) groups excluding carboxylic acids is 1. The van der Waals surface area contributed by atoms with Gasteiger partial charge in [0.05, 0.1) is 12.5 Å². The van der Waals surface area contributed by atoms with Crippen LogP contribution >= 0.6 is 0 Å². The largest absolute Gasteiger partial charge is 0.481 e. The standard InChI is InChI=1S/C8H13NO3/c9-6(4-7(10)11)8(12)5-2-1-3-5/h5-6H,1-4,9H2,(H,10,11). The Kier molecular flexibility index (Phi) is 2.81. The van der Waals surface area contributed by atoms with E-state index in [1.807, 2.05) is 0 Å². The first kappa shape index (κ1) is 9.19. The summed E-state index contributed by atoms with van der Waals surface area (Å²) >= 11 is 0. The zero-order chi connectivity index (χ0) is 9.14.